The Morgan fingerprint density at radius 1 is 0.578 bits per heavy atom. The summed E-state index contributed by atoms with van der Waals surface area (Å²) in [7, 11) is 4.21. The lowest BCUT2D eigenvalue weighted by molar-refractivity contribution is 0.487. The van der Waals surface area contributed by atoms with Crippen molar-refractivity contribution in [2.45, 2.75) is 0 Å². The van der Waals surface area contributed by atoms with Gasteiger partial charge >= 0.3 is 0 Å². The minimum absolute atomic E-state index is 0.0535. The van der Waals surface area contributed by atoms with Crippen molar-refractivity contribution in [1.82, 2.24) is 0 Å². The summed E-state index contributed by atoms with van der Waals surface area (Å²) >= 11 is 1.89. The Morgan fingerprint density at radius 3 is 1.96 bits per heavy atom. The van der Waals surface area contributed by atoms with Gasteiger partial charge in [0, 0.05) is 58.1 Å². The van der Waals surface area contributed by atoms with Gasteiger partial charge in [0.2, 0.25) is 0 Å². The number of nitrogens with zero attached hydrogens (tertiary/aromatic N) is 2. The van der Waals surface area contributed by atoms with Crippen LogP contribution in [0.4, 0.5) is 22.7 Å². The number of rotatable bonds is 5. The average molecular weight is 597 g/mol. The molecular formula is C40H29BN2OS. The smallest absolute Gasteiger partial charge is 0.252 e. The molecule has 0 spiro atoms. The minimum Gasteiger partial charge on any atom is -0.458 e. The van der Waals surface area contributed by atoms with Gasteiger partial charge in [-0.1, -0.05) is 84.3 Å². The first kappa shape index (κ1) is 26.2. The van der Waals surface area contributed by atoms with E-state index in [-0.39, 0.29) is 6.71 Å². The maximum atomic E-state index is 6.85. The summed E-state index contributed by atoms with van der Waals surface area (Å²) in [5.41, 5.74) is 12.1. The molecular weight excluding hydrogens is 567 g/mol. The lowest BCUT2D eigenvalue weighted by Gasteiger charge is -2.35. The van der Waals surface area contributed by atoms with Gasteiger partial charge in [0.05, 0.1) is 0 Å². The van der Waals surface area contributed by atoms with Gasteiger partial charge in [0.25, 0.3) is 6.71 Å². The van der Waals surface area contributed by atoms with Gasteiger partial charge in [0.1, 0.15) is 11.5 Å². The van der Waals surface area contributed by atoms with Crippen molar-refractivity contribution in [1.29, 1.82) is 0 Å². The third kappa shape index (κ3) is 4.04. The van der Waals surface area contributed by atoms with E-state index in [0.717, 1.165) is 34.2 Å². The zero-order valence-corrected chi connectivity index (χ0v) is 25.9. The average Bonchev–Trinajstić information content (AvgIpc) is 3.48. The Labute approximate surface area is 267 Å². The summed E-state index contributed by atoms with van der Waals surface area (Å²) in [5, 5.41) is 1.36. The van der Waals surface area contributed by atoms with Crippen LogP contribution in [-0.2, 0) is 0 Å². The van der Waals surface area contributed by atoms with Crippen molar-refractivity contribution in [3.63, 3.8) is 0 Å². The summed E-state index contributed by atoms with van der Waals surface area (Å²) in [5.74, 6) is 1.86. The van der Waals surface area contributed by atoms with Gasteiger partial charge in [0.15, 0.2) is 0 Å². The largest absolute Gasteiger partial charge is 0.458 e. The van der Waals surface area contributed by atoms with E-state index in [1.54, 1.807) is 0 Å². The van der Waals surface area contributed by atoms with Crippen molar-refractivity contribution in [3.05, 3.63) is 140 Å². The maximum Gasteiger partial charge on any atom is 0.252 e. The van der Waals surface area contributed by atoms with Crippen molar-refractivity contribution in [3.8, 4) is 33.1 Å². The van der Waals surface area contributed by atoms with E-state index in [2.05, 4.69) is 163 Å². The minimum atomic E-state index is 0.0535. The SMILES string of the molecule is CN(C)c1cc2c3c(c1)-c1c(-c4ccccc4)sc4cccc(c14)B3c1cc(N(c3ccccc3)c3ccccc3)ccc1O2. The highest BCUT2D eigenvalue weighted by molar-refractivity contribution is 7.23. The molecule has 1 aromatic heterocycles. The molecule has 0 atom stereocenters. The Hall–Kier alpha value is -5.26. The van der Waals surface area contributed by atoms with Crippen molar-refractivity contribution >= 4 is 67.3 Å². The van der Waals surface area contributed by atoms with E-state index in [0.29, 0.717) is 0 Å². The third-order valence-electron chi connectivity index (χ3n) is 9.11. The van der Waals surface area contributed by atoms with E-state index in [4.69, 9.17) is 4.74 Å². The van der Waals surface area contributed by atoms with Crippen LogP contribution in [-0.4, -0.2) is 20.8 Å². The number of thiophene rings is 1. The molecule has 2 aliphatic rings. The first-order valence-corrected chi connectivity index (χ1v) is 16.2. The van der Waals surface area contributed by atoms with Gasteiger partial charge < -0.3 is 14.5 Å². The maximum absolute atomic E-state index is 6.85. The lowest BCUT2D eigenvalue weighted by atomic mass is 9.33. The van der Waals surface area contributed by atoms with Gasteiger partial charge in [-0.2, -0.15) is 0 Å². The second-order valence-corrected chi connectivity index (χ2v) is 13.0. The summed E-state index contributed by atoms with van der Waals surface area (Å²) in [6, 6.07) is 50.2. The fourth-order valence-electron chi connectivity index (χ4n) is 7.12. The zero-order chi connectivity index (χ0) is 30.1. The number of hydrogen-bond donors (Lipinski definition) is 0. The molecule has 0 saturated carbocycles. The van der Waals surface area contributed by atoms with E-state index < -0.39 is 0 Å². The number of fused-ring (bicyclic) bond motifs is 4. The molecule has 0 aliphatic carbocycles. The van der Waals surface area contributed by atoms with Crippen LogP contribution in [0, 0.1) is 0 Å². The van der Waals surface area contributed by atoms with E-state index >= 15 is 0 Å². The molecule has 5 heteroatoms. The topological polar surface area (TPSA) is 15.7 Å². The van der Waals surface area contributed by atoms with Gasteiger partial charge in [-0.15, -0.1) is 11.3 Å². The predicted molar refractivity (Wildman–Crippen MR) is 193 cm³/mol. The number of para-hydroxylation sites is 2. The molecule has 3 heterocycles. The van der Waals surface area contributed by atoms with Crippen LogP contribution in [0.5, 0.6) is 11.5 Å². The molecule has 0 unspecified atom stereocenters. The zero-order valence-electron chi connectivity index (χ0n) is 25.1. The fraction of sp³-hybridized carbons (Fsp3) is 0.0500. The van der Waals surface area contributed by atoms with E-state index in [1.807, 2.05) is 11.3 Å². The van der Waals surface area contributed by atoms with Crippen LogP contribution in [0.3, 0.4) is 0 Å². The molecule has 45 heavy (non-hydrogen) atoms. The molecule has 6 aromatic carbocycles. The molecule has 2 aliphatic heterocycles. The molecule has 0 N–H and O–H groups in total. The summed E-state index contributed by atoms with van der Waals surface area (Å²) in [6.07, 6.45) is 0. The van der Waals surface area contributed by atoms with Gasteiger partial charge in [-0.05, 0) is 82.0 Å². The molecule has 9 rings (SSSR count). The fourth-order valence-corrected chi connectivity index (χ4v) is 8.37. The summed E-state index contributed by atoms with van der Waals surface area (Å²) in [4.78, 5) is 5.82. The molecule has 0 radical (unpaired) electrons. The predicted octanol–water partition coefficient (Wildman–Crippen LogP) is 8.71. The first-order valence-electron chi connectivity index (χ1n) is 15.3. The van der Waals surface area contributed by atoms with Crippen molar-refractivity contribution in [2.75, 3.05) is 23.9 Å². The molecule has 3 nitrogen and oxygen atoms in total. The molecule has 214 valence electrons. The highest BCUT2D eigenvalue weighted by Crippen LogP contribution is 2.48. The van der Waals surface area contributed by atoms with Crippen LogP contribution in [0.15, 0.2) is 140 Å². The molecule has 0 bridgehead atoms. The summed E-state index contributed by atoms with van der Waals surface area (Å²) < 4.78 is 8.17. The molecule has 0 fully saturated rings. The van der Waals surface area contributed by atoms with Crippen LogP contribution in [0.1, 0.15) is 0 Å². The second kappa shape index (κ2) is 10.2. The number of benzene rings is 6. The normalized spacial score (nSPS) is 12.4. The van der Waals surface area contributed by atoms with Crippen LogP contribution in [0.25, 0.3) is 31.7 Å². The highest BCUT2D eigenvalue weighted by atomic mass is 32.1. The first-order chi connectivity index (χ1) is 22.2. The number of hydrogen-bond acceptors (Lipinski definition) is 4. The quantitative estimate of drug-likeness (QED) is 0.185. The Balaban J connectivity index is 1.32. The monoisotopic (exact) mass is 596 g/mol. The number of anilines is 4. The Bertz CT molecular complexity index is 2190. The highest BCUT2D eigenvalue weighted by Gasteiger charge is 2.41. The second-order valence-electron chi connectivity index (χ2n) is 12.0. The van der Waals surface area contributed by atoms with E-state index in [9.17, 15) is 0 Å². The van der Waals surface area contributed by atoms with Gasteiger partial charge in [-0.25, -0.2) is 0 Å². The van der Waals surface area contributed by atoms with Crippen molar-refractivity contribution in [2.24, 2.45) is 0 Å². The number of ether oxygens (including phenoxy) is 1. The van der Waals surface area contributed by atoms with Crippen LogP contribution in [0.2, 0.25) is 0 Å². The van der Waals surface area contributed by atoms with E-state index in [1.165, 1.54) is 48.0 Å². The Morgan fingerprint density at radius 2 is 1.27 bits per heavy atom. The van der Waals surface area contributed by atoms with Crippen LogP contribution < -0.4 is 30.9 Å². The standard InChI is InChI=1S/C40H29BN2OS/c1-42(2)30-23-31-37-38-32(19-12-20-36(38)45-40(37)26-13-6-3-7-14-26)41-33-24-29(21-22-34(33)44-35(25-30)39(31)41)43(27-15-8-4-9-16-27)28-17-10-5-11-18-28/h3-25H,1-2H3. The molecule has 7 aromatic rings. The van der Waals surface area contributed by atoms with Crippen molar-refractivity contribution < 1.29 is 4.74 Å². The van der Waals surface area contributed by atoms with Gasteiger partial charge in [-0.3, -0.25) is 0 Å². The Kier molecular flexibility index (Phi) is 5.90. The third-order valence-corrected chi connectivity index (χ3v) is 10.3. The lowest BCUT2D eigenvalue weighted by Crippen LogP contribution is -2.57. The molecule has 0 amide bonds. The van der Waals surface area contributed by atoms with Crippen LogP contribution >= 0.6 is 11.3 Å². The summed E-state index contributed by atoms with van der Waals surface area (Å²) in [6.45, 7) is 0.0535. The molecule has 0 saturated heterocycles.